The monoisotopic (exact) mass is 473 g/mol. The molecular weight excluding hydrogens is 446 g/mol. The summed E-state index contributed by atoms with van der Waals surface area (Å²) in [5, 5.41) is 4.41. The molecule has 3 amide bonds. The molecule has 3 aromatic rings. The molecule has 0 unspecified atom stereocenters. The van der Waals surface area contributed by atoms with E-state index in [1.165, 1.54) is 4.68 Å². The Hall–Kier alpha value is -4.14. The quantitative estimate of drug-likeness (QED) is 0.592. The number of benzene rings is 2. The van der Waals surface area contributed by atoms with Crippen molar-refractivity contribution in [2.75, 3.05) is 25.1 Å². The van der Waals surface area contributed by atoms with Crippen LogP contribution in [0.25, 0.3) is 5.69 Å². The summed E-state index contributed by atoms with van der Waals surface area (Å²) in [5.74, 6) is -0.0826. The van der Waals surface area contributed by atoms with Crippen molar-refractivity contribution in [3.63, 3.8) is 0 Å². The van der Waals surface area contributed by atoms with Crippen LogP contribution < -0.4 is 15.4 Å². The van der Waals surface area contributed by atoms with Gasteiger partial charge in [-0.05, 0) is 61.2 Å². The first-order valence-electron chi connectivity index (χ1n) is 11.7. The number of carbonyl (C=O) groups is 3. The first-order chi connectivity index (χ1) is 17.0. The second-order valence-electron chi connectivity index (χ2n) is 8.80. The number of methoxy groups -OCH3 is 1. The van der Waals surface area contributed by atoms with Crippen LogP contribution in [0.15, 0.2) is 48.5 Å². The van der Waals surface area contributed by atoms with Gasteiger partial charge in [-0.1, -0.05) is 12.1 Å². The van der Waals surface area contributed by atoms with Crippen LogP contribution in [0.2, 0.25) is 0 Å². The van der Waals surface area contributed by atoms with Crippen molar-refractivity contribution in [3.05, 3.63) is 71.0 Å². The zero-order chi connectivity index (χ0) is 24.5. The standard InChI is InChI=1S/C26H27N5O4/c1-35-20-10-8-18(9-11-20)31-24-21(23(28-31)25(27)33)12-14-30(26(24)34)19-6-4-5-17(15-19)16-29-13-3-2-7-22(29)32/h4-6,8-11,15H,2-3,7,12-14,16H2,1H3,(H2,27,33). The van der Waals surface area contributed by atoms with E-state index in [2.05, 4.69) is 5.10 Å². The van der Waals surface area contributed by atoms with E-state index in [9.17, 15) is 14.4 Å². The molecule has 0 radical (unpaired) electrons. The molecule has 9 nitrogen and oxygen atoms in total. The number of nitrogens with zero attached hydrogens (tertiary/aromatic N) is 4. The number of hydrogen-bond acceptors (Lipinski definition) is 5. The van der Waals surface area contributed by atoms with Crippen LogP contribution in [0.5, 0.6) is 5.75 Å². The van der Waals surface area contributed by atoms with Gasteiger partial charge >= 0.3 is 0 Å². The highest BCUT2D eigenvalue weighted by atomic mass is 16.5. The highest BCUT2D eigenvalue weighted by molar-refractivity contribution is 6.09. The van der Waals surface area contributed by atoms with Crippen molar-refractivity contribution in [3.8, 4) is 11.4 Å². The molecule has 1 saturated heterocycles. The number of fused-ring (bicyclic) bond motifs is 1. The summed E-state index contributed by atoms with van der Waals surface area (Å²) in [6.45, 7) is 1.67. The Balaban J connectivity index is 1.48. The predicted molar refractivity (Wildman–Crippen MR) is 130 cm³/mol. The Morgan fingerprint density at radius 1 is 1.03 bits per heavy atom. The van der Waals surface area contributed by atoms with Crippen molar-refractivity contribution < 1.29 is 19.1 Å². The van der Waals surface area contributed by atoms with Gasteiger partial charge in [0.1, 0.15) is 11.4 Å². The number of amides is 3. The molecule has 5 rings (SSSR count). The number of anilines is 1. The molecular formula is C26H27N5O4. The van der Waals surface area contributed by atoms with Crippen molar-refractivity contribution >= 4 is 23.4 Å². The Morgan fingerprint density at radius 3 is 2.54 bits per heavy atom. The van der Waals surface area contributed by atoms with Crippen LogP contribution in [-0.2, 0) is 17.8 Å². The molecule has 180 valence electrons. The normalized spacial score (nSPS) is 15.8. The summed E-state index contributed by atoms with van der Waals surface area (Å²) >= 11 is 0. The Morgan fingerprint density at radius 2 is 1.83 bits per heavy atom. The Labute approximate surface area is 203 Å². The summed E-state index contributed by atoms with van der Waals surface area (Å²) in [6.07, 6.45) is 2.99. The van der Waals surface area contributed by atoms with E-state index in [1.807, 2.05) is 29.2 Å². The zero-order valence-electron chi connectivity index (χ0n) is 19.6. The minimum atomic E-state index is -0.664. The summed E-state index contributed by atoms with van der Waals surface area (Å²) in [5.41, 5.74) is 8.93. The fourth-order valence-corrected chi connectivity index (χ4v) is 4.79. The summed E-state index contributed by atoms with van der Waals surface area (Å²) < 4.78 is 6.71. The SMILES string of the molecule is COc1ccc(-n2nc(C(N)=O)c3c2C(=O)N(c2cccc(CN4CCCCC4=O)c2)CC3)cc1. The number of aromatic nitrogens is 2. The fraction of sp³-hybridized carbons (Fsp3) is 0.308. The van der Waals surface area contributed by atoms with E-state index >= 15 is 0 Å². The highest BCUT2D eigenvalue weighted by Gasteiger charge is 2.34. The van der Waals surface area contributed by atoms with Crippen molar-refractivity contribution in [2.24, 2.45) is 5.73 Å². The van der Waals surface area contributed by atoms with Gasteiger partial charge in [-0.3, -0.25) is 14.4 Å². The lowest BCUT2D eigenvalue weighted by molar-refractivity contribution is -0.133. The van der Waals surface area contributed by atoms with Crippen LogP contribution in [0, 0.1) is 0 Å². The third-order valence-corrected chi connectivity index (χ3v) is 6.58. The average molecular weight is 474 g/mol. The number of nitrogens with two attached hydrogens (primary N) is 1. The Kier molecular flexibility index (Phi) is 5.98. The van der Waals surface area contributed by atoms with E-state index in [0.717, 1.165) is 30.6 Å². The molecule has 1 fully saturated rings. The minimum absolute atomic E-state index is 0.112. The van der Waals surface area contributed by atoms with Gasteiger partial charge in [0, 0.05) is 37.3 Å². The van der Waals surface area contributed by atoms with Gasteiger partial charge in [-0.25, -0.2) is 4.68 Å². The first-order valence-corrected chi connectivity index (χ1v) is 11.7. The highest BCUT2D eigenvalue weighted by Crippen LogP contribution is 2.30. The number of hydrogen-bond donors (Lipinski definition) is 1. The predicted octanol–water partition coefficient (Wildman–Crippen LogP) is 2.70. The largest absolute Gasteiger partial charge is 0.497 e. The number of likely N-dealkylation sites (tertiary alicyclic amines) is 1. The molecule has 35 heavy (non-hydrogen) atoms. The van der Waals surface area contributed by atoms with Crippen LogP contribution in [0.4, 0.5) is 5.69 Å². The maximum Gasteiger partial charge on any atom is 0.277 e. The van der Waals surface area contributed by atoms with Gasteiger partial charge in [-0.2, -0.15) is 5.10 Å². The maximum absolute atomic E-state index is 13.7. The molecule has 0 atom stereocenters. The fourth-order valence-electron chi connectivity index (χ4n) is 4.79. The molecule has 9 heteroatoms. The van der Waals surface area contributed by atoms with Crippen molar-refractivity contribution in [1.29, 1.82) is 0 Å². The van der Waals surface area contributed by atoms with Crippen LogP contribution in [0.3, 0.4) is 0 Å². The molecule has 0 bridgehead atoms. The lowest BCUT2D eigenvalue weighted by atomic mass is 10.0. The molecule has 2 aliphatic rings. The average Bonchev–Trinajstić information content (AvgIpc) is 3.27. The minimum Gasteiger partial charge on any atom is -0.497 e. The molecule has 2 aliphatic heterocycles. The lowest BCUT2D eigenvalue weighted by Crippen LogP contribution is -2.39. The van der Waals surface area contributed by atoms with Crippen molar-refractivity contribution in [1.82, 2.24) is 14.7 Å². The number of piperidine rings is 1. The van der Waals surface area contributed by atoms with E-state index < -0.39 is 5.91 Å². The van der Waals surface area contributed by atoms with E-state index in [1.54, 1.807) is 36.3 Å². The summed E-state index contributed by atoms with van der Waals surface area (Å²) in [7, 11) is 1.58. The number of primary amides is 1. The third kappa shape index (κ3) is 4.25. The second-order valence-corrected chi connectivity index (χ2v) is 8.80. The molecule has 0 saturated carbocycles. The number of carbonyl (C=O) groups excluding carboxylic acids is 3. The van der Waals surface area contributed by atoms with Gasteiger partial charge in [0.2, 0.25) is 5.91 Å². The van der Waals surface area contributed by atoms with Gasteiger partial charge in [-0.15, -0.1) is 0 Å². The number of ether oxygens (including phenoxy) is 1. The molecule has 1 aromatic heterocycles. The summed E-state index contributed by atoms with van der Waals surface area (Å²) in [6, 6.07) is 14.8. The maximum atomic E-state index is 13.7. The van der Waals surface area contributed by atoms with Gasteiger partial charge in [0.25, 0.3) is 11.8 Å². The van der Waals surface area contributed by atoms with Gasteiger partial charge in [0.05, 0.1) is 12.8 Å². The van der Waals surface area contributed by atoms with Crippen LogP contribution >= 0.6 is 0 Å². The van der Waals surface area contributed by atoms with Gasteiger partial charge in [0.15, 0.2) is 5.69 Å². The number of rotatable bonds is 6. The molecule has 0 spiro atoms. The topological polar surface area (TPSA) is 111 Å². The van der Waals surface area contributed by atoms with Crippen LogP contribution in [-0.4, -0.2) is 52.6 Å². The third-order valence-electron chi connectivity index (χ3n) is 6.58. The van der Waals surface area contributed by atoms with Crippen LogP contribution in [0.1, 0.15) is 51.4 Å². The van der Waals surface area contributed by atoms with E-state index in [0.29, 0.717) is 48.6 Å². The van der Waals surface area contributed by atoms with Gasteiger partial charge < -0.3 is 20.3 Å². The second kappa shape index (κ2) is 9.25. The van der Waals surface area contributed by atoms with E-state index in [-0.39, 0.29) is 17.5 Å². The van der Waals surface area contributed by atoms with E-state index in [4.69, 9.17) is 10.5 Å². The summed E-state index contributed by atoms with van der Waals surface area (Å²) in [4.78, 5) is 41.7. The zero-order valence-corrected chi connectivity index (χ0v) is 19.6. The Bertz CT molecular complexity index is 1300. The smallest absolute Gasteiger partial charge is 0.277 e. The lowest BCUT2D eigenvalue weighted by Gasteiger charge is -2.29. The first kappa shape index (κ1) is 22.6. The molecule has 0 aliphatic carbocycles. The molecule has 2 aromatic carbocycles. The molecule has 2 N–H and O–H groups in total. The molecule has 3 heterocycles. The van der Waals surface area contributed by atoms with Crippen molar-refractivity contribution in [2.45, 2.75) is 32.2 Å².